The van der Waals surface area contributed by atoms with E-state index in [1.807, 2.05) is 0 Å². The van der Waals surface area contributed by atoms with Gasteiger partial charge in [0.2, 0.25) is 5.91 Å². The van der Waals surface area contributed by atoms with E-state index in [1.54, 1.807) is 38.6 Å². The number of amides is 2. The molecule has 0 spiro atoms. The Morgan fingerprint density at radius 3 is 2.75 bits per heavy atom. The lowest BCUT2D eigenvalue weighted by atomic mass is 10.3. The molecule has 0 aromatic carbocycles. The number of nitrogens with one attached hydrogen (secondary N) is 1. The molecule has 2 rings (SSSR count). The normalized spacial score (nSPS) is 10.3. The van der Waals surface area contributed by atoms with Crippen LogP contribution in [0.3, 0.4) is 0 Å². The van der Waals surface area contributed by atoms with Gasteiger partial charge in [0.25, 0.3) is 5.91 Å². The Hall–Kier alpha value is -2.57. The van der Waals surface area contributed by atoms with Gasteiger partial charge in [-0.15, -0.1) is 0 Å². The summed E-state index contributed by atoms with van der Waals surface area (Å²) >= 11 is 0. The zero-order valence-electron chi connectivity index (χ0n) is 11.4. The van der Waals surface area contributed by atoms with E-state index < -0.39 is 0 Å². The molecule has 2 amide bonds. The first-order valence-corrected chi connectivity index (χ1v) is 6.08. The van der Waals surface area contributed by atoms with Gasteiger partial charge in [-0.1, -0.05) is 0 Å². The fourth-order valence-electron chi connectivity index (χ4n) is 1.71. The van der Waals surface area contributed by atoms with Gasteiger partial charge in [0.1, 0.15) is 0 Å². The van der Waals surface area contributed by atoms with Gasteiger partial charge in [0.15, 0.2) is 5.76 Å². The lowest BCUT2D eigenvalue weighted by Crippen LogP contribution is -2.39. The van der Waals surface area contributed by atoms with Crippen LogP contribution in [0.1, 0.15) is 16.1 Å². The number of rotatable bonds is 5. The molecule has 0 unspecified atom stereocenters. The van der Waals surface area contributed by atoms with E-state index in [0.29, 0.717) is 6.54 Å². The summed E-state index contributed by atoms with van der Waals surface area (Å²) in [5.74, 6) is -0.258. The first-order valence-electron chi connectivity index (χ1n) is 6.08. The topological polar surface area (TPSA) is 82.4 Å². The Kier molecular flexibility index (Phi) is 4.19. The van der Waals surface area contributed by atoms with E-state index in [4.69, 9.17) is 4.42 Å². The van der Waals surface area contributed by atoms with Crippen molar-refractivity contribution in [1.29, 1.82) is 0 Å². The molecule has 0 bridgehead atoms. The van der Waals surface area contributed by atoms with Crippen molar-refractivity contribution < 1.29 is 14.0 Å². The van der Waals surface area contributed by atoms with Crippen LogP contribution in [-0.4, -0.2) is 52.5 Å². The number of H-pyrrole nitrogens is 1. The van der Waals surface area contributed by atoms with E-state index >= 15 is 0 Å². The summed E-state index contributed by atoms with van der Waals surface area (Å²) in [6, 6.07) is 3.20. The van der Waals surface area contributed by atoms with Gasteiger partial charge in [0, 0.05) is 32.4 Å². The van der Waals surface area contributed by atoms with E-state index in [9.17, 15) is 9.59 Å². The minimum atomic E-state index is -0.319. The van der Waals surface area contributed by atoms with Gasteiger partial charge in [-0.2, -0.15) is 5.10 Å². The summed E-state index contributed by atoms with van der Waals surface area (Å²) in [5, 5.41) is 6.50. The van der Waals surface area contributed by atoms with Gasteiger partial charge in [-0.3, -0.25) is 14.7 Å². The Labute approximate surface area is 116 Å². The molecule has 0 aliphatic carbocycles. The standard InChI is InChI=1S/C13H16N4O3/c1-16(8-10-6-14-15-7-10)12(18)9-17(2)13(19)11-4-3-5-20-11/h3-7H,8-9H2,1-2H3,(H,14,15). The van der Waals surface area contributed by atoms with Crippen molar-refractivity contribution in [2.75, 3.05) is 20.6 Å². The molecule has 7 heteroatoms. The lowest BCUT2D eigenvalue weighted by molar-refractivity contribution is -0.130. The van der Waals surface area contributed by atoms with Crippen LogP contribution < -0.4 is 0 Å². The Morgan fingerprint density at radius 2 is 2.15 bits per heavy atom. The first kappa shape index (κ1) is 13.9. The number of carbonyl (C=O) groups is 2. The third-order valence-corrected chi connectivity index (χ3v) is 2.85. The van der Waals surface area contributed by atoms with E-state index in [-0.39, 0.29) is 24.1 Å². The number of nitrogens with zero attached hydrogens (tertiary/aromatic N) is 3. The van der Waals surface area contributed by atoms with Crippen LogP contribution in [0.5, 0.6) is 0 Å². The van der Waals surface area contributed by atoms with Crippen LogP contribution in [-0.2, 0) is 11.3 Å². The van der Waals surface area contributed by atoms with Crippen LogP contribution in [0.2, 0.25) is 0 Å². The van der Waals surface area contributed by atoms with E-state index in [2.05, 4.69) is 10.2 Å². The van der Waals surface area contributed by atoms with Gasteiger partial charge in [-0.25, -0.2) is 0 Å². The Bertz CT molecular complexity index is 562. The summed E-state index contributed by atoms with van der Waals surface area (Å²) in [4.78, 5) is 26.8. The molecule has 2 aromatic rings. The maximum absolute atomic E-state index is 12.0. The maximum atomic E-state index is 12.0. The number of aromatic nitrogens is 2. The molecule has 0 aliphatic rings. The molecule has 0 saturated carbocycles. The molecule has 0 radical (unpaired) electrons. The lowest BCUT2D eigenvalue weighted by Gasteiger charge is -2.21. The second-order valence-electron chi connectivity index (χ2n) is 4.49. The third kappa shape index (κ3) is 3.25. The molecule has 106 valence electrons. The highest BCUT2D eigenvalue weighted by atomic mass is 16.3. The minimum absolute atomic E-state index is 0.00607. The molecule has 0 aliphatic heterocycles. The maximum Gasteiger partial charge on any atom is 0.289 e. The Morgan fingerprint density at radius 1 is 1.35 bits per heavy atom. The van der Waals surface area contributed by atoms with Crippen LogP contribution >= 0.6 is 0 Å². The van der Waals surface area contributed by atoms with Crippen molar-refractivity contribution in [2.24, 2.45) is 0 Å². The van der Waals surface area contributed by atoms with E-state index in [0.717, 1.165) is 5.56 Å². The van der Waals surface area contributed by atoms with Crippen LogP contribution in [0.25, 0.3) is 0 Å². The largest absolute Gasteiger partial charge is 0.459 e. The highest BCUT2D eigenvalue weighted by Gasteiger charge is 2.19. The van der Waals surface area contributed by atoms with Gasteiger partial charge >= 0.3 is 0 Å². The zero-order chi connectivity index (χ0) is 14.5. The number of carbonyl (C=O) groups excluding carboxylic acids is 2. The fraction of sp³-hybridized carbons (Fsp3) is 0.308. The first-order chi connectivity index (χ1) is 9.58. The van der Waals surface area contributed by atoms with Gasteiger partial charge in [0.05, 0.1) is 19.0 Å². The van der Waals surface area contributed by atoms with Crippen LogP contribution in [0.15, 0.2) is 35.2 Å². The molecular formula is C13H16N4O3. The molecule has 1 N–H and O–H groups in total. The number of aromatic amines is 1. The van der Waals surface area contributed by atoms with Crippen molar-refractivity contribution >= 4 is 11.8 Å². The van der Waals surface area contributed by atoms with Crippen molar-refractivity contribution in [2.45, 2.75) is 6.54 Å². The molecule has 0 saturated heterocycles. The van der Waals surface area contributed by atoms with Gasteiger partial charge in [-0.05, 0) is 12.1 Å². The SMILES string of the molecule is CN(Cc1cn[nH]c1)C(=O)CN(C)C(=O)c1ccco1. The number of likely N-dealkylation sites (N-methyl/N-ethyl adjacent to an activating group) is 2. The molecule has 0 fully saturated rings. The molecule has 2 aromatic heterocycles. The van der Waals surface area contributed by atoms with Crippen LogP contribution in [0, 0.1) is 0 Å². The van der Waals surface area contributed by atoms with Crippen molar-refractivity contribution in [1.82, 2.24) is 20.0 Å². The summed E-state index contributed by atoms with van der Waals surface area (Å²) in [6.45, 7) is 0.437. The van der Waals surface area contributed by atoms with Gasteiger partial charge < -0.3 is 14.2 Å². The minimum Gasteiger partial charge on any atom is -0.459 e. The van der Waals surface area contributed by atoms with E-state index in [1.165, 1.54) is 16.1 Å². The second-order valence-corrected chi connectivity index (χ2v) is 4.49. The molecule has 7 nitrogen and oxygen atoms in total. The number of hydrogen-bond acceptors (Lipinski definition) is 4. The van der Waals surface area contributed by atoms with Crippen molar-refractivity contribution in [3.63, 3.8) is 0 Å². The summed E-state index contributed by atoms with van der Waals surface area (Å²) in [7, 11) is 3.25. The zero-order valence-corrected chi connectivity index (χ0v) is 11.4. The number of hydrogen-bond donors (Lipinski definition) is 1. The average molecular weight is 276 g/mol. The average Bonchev–Trinajstić information content (AvgIpc) is 3.10. The highest BCUT2D eigenvalue weighted by molar-refractivity contribution is 5.94. The third-order valence-electron chi connectivity index (χ3n) is 2.85. The smallest absolute Gasteiger partial charge is 0.289 e. The number of furan rings is 1. The Balaban J connectivity index is 1.88. The molecule has 20 heavy (non-hydrogen) atoms. The summed E-state index contributed by atoms with van der Waals surface area (Å²) in [5.41, 5.74) is 0.904. The molecular weight excluding hydrogens is 260 g/mol. The summed E-state index contributed by atoms with van der Waals surface area (Å²) in [6.07, 6.45) is 4.80. The second kappa shape index (κ2) is 6.05. The quantitative estimate of drug-likeness (QED) is 0.873. The predicted octanol–water partition coefficient (Wildman–Crippen LogP) is 0.733. The monoisotopic (exact) mass is 276 g/mol. The van der Waals surface area contributed by atoms with Crippen molar-refractivity contribution in [3.8, 4) is 0 Å². The predicted molar refractivity (Wildman–Crippen MR) is 70.7 cm³/mol. The highest BCUT2D eigenvalue weighted by Crippen LogP contribution is 2.05. The van der Waals surface area contributed by atoms with Crippen LogP contribution in [0.4, 0.5) is 0 Å². The summed E-state index contributed by atoms with van der Waals surface area (Å²) < 4.78 is 5.02. The molecule has 2 heterocycles. The van der Waals surface area contributed by atoms with Crippen molar-refractivity contribution in [3.05, 3.63) is 42.1 Å². The molecule has 0 atom stereocenters. The fourth-order valence-corrected chi connectivity index (χ4v) is 1.71.